The van der Waals surface area contributed by atoms with Gasteiger partial charge in [0.1, 0.15) is 0 Å². The van der Waals surface area contributed by atoms with Crippen LogP contribution in [0, 0.1) is 0 Å². The highest BCUT2D eigenvalue weighted by Gasteiger charge is 2.27. The Morgan fingerprint density at radius 1 is 0.107 bits per heavy atom. The lowest BCUT2D eigenvalue weighted by atomic mass is 9.97. The molecule has 7 heterocycles. The van der Waals surface area contributed by atoms with E-state index in [9.17, 15) is 0 Å². The molecule has 0 N–H and O–H groups in total. The first-order chi connectivity index (χ1) is 74.3. The van der Waals surface area contributed by atoms with Gasteiger partial charge in [0.05, 0.1) is 77.6 Å². The van der Waals surface area contributed by atoms with Crippen LogP contribution in [0.1, 0.15) is 0 Å². The Morgan fingerprint density at radius 2 is 0.300 bits per heavy atom. The smallest absolute Gasteiger partial charge is 0.235 e. The van der Waals surface area contributed by atoms with Crippen molar-refractivity contribution >= 4 is 131 Å². The lowest BCUT2D eigenvalue weighted by Gasteiger charge is -2.15. The normalized spacial score (nSPS) is 11.9. The van der Waals surface area contributed by atoms with Gasteiger partial charge in [0.25, 0.3) is 0 Å². The van der Waals surface area contributed by atoms with Crippen molar-refractivity contribution in [2.75, 3.05) is 0 Å². The van der Waals surface area contributed by atoms with Crippen LogP contribution in [0.2, 0.25) is 0 Å². The summed E-state index contributed by atoms with van der Waals surface area (Å²) in [4.78, 5) is 11.9. The first kappa shape index (κ1) is 85.5. The van der Waals surface area contributed by atoms with Gasteiger partial charge in [-0.2, -0.15) is 0 Å². The standard InChI is InChI=1S/C142H90N8/c1-6-31-91(32-7-1)96-41-26-46-109(77-96)145-130-57-22-18-53-116(130)120-82-100(61-69-134(120)145)104-65-73-138-124(86-104)125-87-105(101-62-70-135-121(83-101)117-54-19-23-58-131(117)146(135)110-47-27-42-97(78-110)92-33-8-2-9-34-92)66-74-139(125)149(138)113-50-30-45-108(81-113)128-90-129(115-52-17-16-51-114(115)95-39-14-5-15-40-95)144-142(143-128)150-140-75-67-106(102-63-71-136-122(84-102)118-55-20-24-59-132(118)147(136)111-48-28-43-98(79-111)93-35-10-3-11-36-93)88-126(140)127-89-107(68-76-141(127)150)103-64-72-137-123(85-103)119-56-21-25-60-133(119)148(137)112-49-29-44-99(80-112)94-37-12-4-13-38-94/h1-90H. The van der Waals surface area contributed by atoms with Crippen LogP contribution in [-0.4, -0.2) is 37.4 Å². The summed E-state index contributed by atoms with van der Waals surface area (Å²) in [6.45, 7) is 0. The Bertz CT molecular complexity index is 10200. The summed E-state index contributed by atoms with van der Waals surface area (Å²) in [5.74, 6) is 0.546. The molecule has 0 saturated carbocycles. The molecular formula is C142H90N8. The topological polar surface area (TPSA) is 55.4 Å². The molecule has 0 fully saturated rings. The molecule has 0 amide bonds. The molecular weight excluding hydrogens is 1820 g/mol. The van der Waals surface area contributed by atoms with E-state index < -0.39 is 0 Å². The van der Waals surface area contributed by atoms with Gasteiger partial charge < -0.3 is 22.8 Å². The van der Waals surface area contributed by atoms with Crippen LogP contribution in [0.15, 0.2) is 546 Å². The number of benzene rings is 23. The van der Waals surface area contributed by atoms with Crippen LogP contribution < -0.4 is 0 Å². The van der Waals surface area contributed by atoms with Crippen LogP contribution in [0.4, 0.5) is 0 Å². The summed E-state index contributed by atoms with van der Waals surface area (Å²) in [5, 5.41) is 13.9. The molecule has 30 aromatic rings. The van der Waals surface area contributed by atoms with Gasteiger partial charge in [-0.05, 0) is 288 Å². The quantitative estimate of drug-likeness (QED) is 0.0912. The van der Waals surface area contributed by atoms with Crippen molar-refractivity contribution in [1.82, 2.24) is 37.4 Å². The molecule has 0 aliphatic carbocycles. The van der Waals surface area contributed by atoms with Crippen LogP contribution in [0.3, 0.4) is 0 Å². The van der Waals surface area contributed by atoms with Crippen molar-refractivity contribution in [1.29, 1.82) is 0 Å². The molecule has 0 radical (unpaired) electrons. The number of nitrogens with zero attached hydrogens (tertiary/aromatic N) is 8. The molecule has 7 aromatic heterocycles. The first-order valence-corrected chi connectivity index (χ1v) is 51.4. The van der Waals surface area contributed by atoms with Gasteiger partial charge in [-0.15, -0.1) is 0 Å². The van der Waals surface area contributed by atoms with Crippen molar-refractivity contribution in [2.24, 2.45) is 0 Å². The minimum absolute atomic E-state index is 0.546. The van der Waals surface area contributed by atoms with Crippen LogP contribution in [0.25, 0.3) is 288 Å². The molecule has 0 atom stereocenters. The summed E-state index contributed by atoms with van der Waals surface area (Å²) < 4.78 is 14.5. The Morgan fingerprint density at radius 3 is 0.580 bits per heavy atom. The fourth-order valence-corrected chi connectivity index (χ4v) is 24.0. The SMILES string of the molecule is c1ccc(-c2cccc(-n3c4ccccc4c4cc(-c5ccc6c(c5)c5cc(-c7ccc8c(c7)c7ccccc7n8-c7cccc(-c8ccccc8)c7)ccc5n6-c5cccc(-c6cc(-c7ccccc7-c7ccccc7)nc(-n7c8ccc(-c9ccc%10c(c9)c9ccccc9n%10-c9cccc(-c%10ccccc%10)c9)cc8c8cc(-c9ccc%10c(c9)c9ccccc9n%10-c9cccc(-c%10ccccc%10)c9)ccc87)n6)c5)ccc43)c2)cc1. The Labute approximate surface area is 865 Å². The highest BCUT2D eigenvalue weighted by atomic mass is 15.2. The summed E-state index contributed by atoms with van der Waals surface area (Å²) in [5.41, 5.74) is 42.7. The third kappa shape index (κ3) is 14.2. The van der Waals surface area contributed by atoms with Gasteiger partial charge in [0.15, 0.2) is 0 Å². The number of hydrogen-bond acceptors (Lipinski definition) is 2. The predicted molar refractivity (Wildman–Crippen MR) is 628 cm³/mol. The molecule has 30 rings (SSSR count). The van der Waals surface area contributed by atoms with Gasteiger partial charge in [-0.3, -0.25) is 4.57 Å². The monoisotopic (exact) mass is 1910 g/mol. The van der Waals surface area contributed by atoms with Crippen molar-refractivity contribution in [3.05, 3.63) is 546 Å². The molecule has 0 aliphatic rings. The van der Waals surface area contributed by atoms with Crippen LogP contribution in [0.5, 0.6) is 0 Å². The van der Waals surface area contributed by atoms with E-state index in [1.54, 1.807) is 0 Å². The van der Waals surface area contributed by atoms with E-state index in [0.717, 1.165) is 194 Å². The second-order valence-electron chi connectivity index (χ2n) is 39.5. The fourth-order valence-electron chi connectivity index (χ4n) is 24.0. The zero-order chi connectivity index (χ0) is 98.5. The van der Waals surface area contributed by atoms with E-state index >= 15 is 0 Å². The molecule has 0 bridgehead atoms. The number of aromatic nitrogens is 8. The average Bonchev–Trinajstić information content (AvgIpc) is 1.57. The van der Waals surface area contributed by atoms with Crippen LogP contribution >= 0.6 is 0 Å². The molecule has 0 spiro atoms. The Kier molecular flexibility index (Phi) is 19.9. The largest absolute Gasteiger partial charge is 0.309 e. The van der Waals surface area contributed by atoms with Gasteiger partial charge in [0.2, 0.25) is 5.95 Å². The van der Waals surface area contributed by atoms with Gasteiger partial charge in [-0.1, -0.05) is 358 Å². The van der Waals surface area contributed by atoms with Crippen LogP contribution in [-0.2, 0) is 0 Å². The lowest BCUT2D eigenvalue weighted by Crippen LogP contribution is -2.04. The Balaban J connectivity index is 0.601. The van der Waals surface area contributed by atoms with Gasteiger partial charge >= 0.3 is 0 Å². The highest BCUT2D eigenvalue weighted by molar-refractivity contribution is 6.18. The van der Waals surface area contributed by atoms with E-state index in [4.69, 9.17) is 9.97 Å². The minimum atomic E-state index is 0.546. The van der Waals surface area contributed by atoms with E-state index in [1.165, 1.54) is 87.6 Å². The summed E-state index contributed by atoms with van der Waals surface area (Å²) in [6.07, 6.45) is 0. The Hall–Kier alpha value is -20.1. The highest BCUT2D eigenvalue weighted by Crippen LogP contribution is 2.48. The van der Waals surface area contributed by atoms with E-state index in [0.29, 0.717) is 5.95 Å². The maximum absolute atomic E-state index is 5.98. The summed E-state index contributed by atoms with van der Waals surface area (Å²) >= 11 is 0. The predicted octanol–water partition coefficient (Wildman–Crippen LogP) is 37.4. The van der Waals surface area contributed by atoms with Crippen molar-refractivity contribution in [3.8, 4) is 157 Å². The van der Waals surface area contributed by atoms with E-state index in [2.05, 4.69) is 573 Å². The van der Waals surface area contributed by atoms with Crippen molar-refractivity contribution < 1.29 is 0 Å². The van der Waals surface area contributed by atoms with Crippen molar-refractivity contribution in [3.63, 3.8) is 0 Å². The first-order valence-electron chi connectivity index (χ1n) is 51.4. The molecule has 0 unspecified atom stereocenters. The maximum Gasteiger partial charge on any atom is 0.235 e. The number of hydrogen-bond donors (Lipinski definition) is 0. The molecule has 150 heavy (non-hydrogen) atoms. The number of fused-ring (bicyclic) bond motifs is 18. The zero-order valence-corrected chi connectivity index (χ0v) is 81.5. The average molecular weight is 1910 g/mol. The third-order valence-corrected chi connectivity index (χ3v) is 31.0. The summed E-state index contributed by atoms with van der Waals surface area (Å²) in [6, 6.07) is 201. The lowest BCUT2D eigenvalue weighted by molar-refractivity contribution is 0.995. The van der Waals surface area contributed by atoms with Crippen molar-refractivity contribution in [2.45, 2.75) is 0 Å². The molecule has 0 saturated heterocycles. The molecule has 698 valence electrons. The van der Waals surface area contributed by atoms with E-state index in [1.807, 2.05) is 0 Å². The van der Waals surface area contributed by atoms with Gasteiger partial charge in [-0.25, -0.2) is 9.97 Å². The molecule has 8 nitrogen and oxygen atoms in total. The van der Waals surface area contributed by atoms with Gasteiger partial charge in [0, 0.05) is 104 Å². The maximum atomic E-state index is 5.98. The van der Waals surface area contributed by atoms with E-state index in [-0.39, 0.29) is 0 Å². The fraction of sp³-hybridized carbons (Fsp3) is 0. The summed E-state index contributed by atoms with van der Waals surface area (Å²) in [7, 11) is 0. The second-order valence-corrected chi connectivity index (χ2v) is 39.5. The third-order valence-electron chi connectivity index (χ3n) is 31.0. The minimum Gasteiger partial charge on any atom is -0.309 e. The second kappa shape index (κ2) is 34.9. The number of rotatable bonds is 17. The molecule has 8 heteroatoms. The zero-order valence-electron chi connectivity index (χ0n) is 81.5. The molecule has 23 aromatic carbocycles. The number of para-hydroxylation sites is 4. The molecule has 0 aliphatic heterocycles.